The van der Waals surface area contributed by atoms with Crippen molar-refractivity contribution in [3.8, 4) is 23.3 Å². The molecule has 0 aliphatic carbocycles. The third-order valence-electron chi connectivity index (χ3n) is 3.07. The highest BCUT2D eigenvalue weighted by molar-refractivity contribution is 5.95. The van der Waals surface area contributed by atoms with Gasteiger partial charge >= 0.3 is 5.97 Å². The summed E-state index contributed by atoms with van der Waals surface area (Å²) in [6, 6.07) is 12.6. The van der Waals surface area contributed by atoms with E-state index >= 15 is 0 Å². The van der Waals surface area contributed by atoms with E-state index in [1.54, 1.807) is 25.3 Å². The summed E-state index contributed by atoms with van der Waals surface area (Å²) in [5, 5.41) is 0. The molecule has 0 unspecified atom stereocenters. The van der Waals surface area contributed by atoms with Crippen molar-refractivity contribution in [1.29, 1.82) is 0 Å². The minimum atomic E-state index is -0.475. The maximum atomic E-state index is 11.9. The lowest BCUT2D eigenvalue weighted by Crippen LogP contribution is -2.06. The smallest absolute Gasteiger partial charge is 0.342 e. The van der Waals surface area contributed by atoms with E-state index in [0.717, 1.165) is 11.3 Å². The topological polar surface area (TPSA) is 44.8 Å². The van der Waals surface area contributed by atoms with Crippen molar-refractivity contribution in [1.82, 2.24) is 0 Å². The lowest BCUT2D eigenvalue weighted by molar-refractivity contribution is 0.0597. The molecule has 0 heterocycles. The summed E-state index contributed by atoms with van der Waals surface area (Å²) in [4.78, 5) is 11.9. The number of hydrogen-bond acceptors (Lipinski definition) is 4. The van der Waals surface area contributed by atoms with Gasteiger partial charge in [-0.15, -0.1) is 0 Å². The van der Waals surface area contributed by atoms with Crippen molar-refractivity contribution in [3.05, 3.63) is 59.2 Å². The highest BCUT2D eigenvalue weighted by Crippen LogP contribution is 2.22. The standard InChI is InChI=1S/C18H16O4/c1-20-15-11-8-13(9-12-15)7-10-14-5-4-6-16(21-2)17(14)18(19)22-3/h4-6,8-9,11-12H,1-3H3. The van der Waals surface area contributed by atoms with E-state index in [2.05, 4.69) is 11.8 Å². The molecule has 0 aliphatic rings. The summed E-state index contributed by atoms with van der Waals surface area (Å²) < 4.78 is 15.1. The van der Waals surface area contributed by atoms with E-state index < -0.39 is 5.97 Å². The molecule has 22 heavy (non-hydrogen) atoms. The molecule has 0 aliphatic heterocycles. The van der Waals surface area contributed by atoms with Crippen LogP contribution in [0.1, 0.15) is 21.5 Å². The Labute approximate surface area is 129 Å². The Bertz CT molecular complexity index is 721. The van der Waals surface area contributed by atoms with Crippen LogP contribution in [-0.4, -0.2) is 27.3 Å². The SMILES string of the molecule is COC(=O)c1c(C#Cc2ccc(OC)cc2)cccc1OC. The molecule has 2 aromatic carbocycles. The number of methoxy groups -OCH3 is 3. The van der Waals surface area contributed by atoms with Gasteiger partial charge in [0.2, 0.25) is 0 Å². The summed E-state index contributed by atoms with van der Waals surface area (Å²) >= 11 is 0. The summed E-state index contributed by atoms with van der Waals surface area (Å²) in [5.74, 6) is 6.73. The van der Waals surface area contributed by atoms with Crippen LogP contribution in [0.3, 0.4) is 0 Å². The van der Waals surface area contributed by atoms with Gasteiger partial charge in [0, 0.05) is 11.1 Å². The quantitative estimate of drug-likeness (QED) is 0.645. The van der Waals surface area contributed by atoms with Crippen LogP contribution in [0.2, 0.25) is 0 Å². The Kier molecular flexibility index (Phi) is 5.05. The molecule has 4 heteroatoms. The first kappa shape index (κ1) is 15.5. The van der Waals surface area contributed by atoms with Crippen molar-refractivity contribution >= 4 is 5.97 Å². The van der Waals surface area contributed by atoms with Gasteiger partial charge in [-0.2, -0.15) is 0 Å². The number of esters is 1. The van der Waals surface area contributed by atoms with Crippen molar-refractivity contribution < 1.29 is 19.0 Å². The molecule has 0 bridgehead atoms. The predicted molar refractivity (Wildman–Crippen MR) is 83.3 cm³/mol. The second-order valence-electron chi connectivity index (χ2n) is 4.35. The molecule has 0 saturated heterocycles. The molecule has 0 aromatic heterocycles. The summed E-state index contributed by atoms with van der Waals surface area (Å²) in [6.07, 6.45) is 0. The largest absolute Gasteiger partial charge is 0.497 e. The first-order valence-corrected chi connectivity index (χ1v) is 6.61. The second kappa shape index (κ2) is 7.19. The van der Waals surface area contributed by atoms with Crippen LogP contribution >= 0.6 is 0 Å². The van der Waals surface area contributed by atoms with E-state index in [1.807, 2.05) is 24.3 Å². The molecule has 0 amide bonds. The van der Waals surface area contributed by atoms with E-state index in [1.165, 1.54) is 14.2 Å². The second-order valence-corrected chi connectivity index (χ2v) is 4.35. The van der Waals surface area contributed by atoms with Crippen molar-refractivity contribution in [2.45, 2.75) is 0 Å². The molecular formula is C18H16O4. The summed E-state index contributed by atoms with van der Waals surface area (Å²) in [5.41, 5.74) is 1.70. The minimum absolute atomic E-state index is 0.327. The molecule has 0 N–H and O–H groups in total. The maximum Gasteiger partial charge on any atom is 0.342 e. The molecule has 4 nitrogen and oxygen atoms in total. The molecule has 0 spiro atoms. The highest BCUT2D eigenvalue weighted by atomic mass is 16.5. The van der Waals surface area contributed by atoms with Crippen LogP contribution in [-0.2, 0) is 4.74 Å². The predicted octanol–water partition coefficient (Wildman–Crippen LogP) is 2.89. The Morgan fingerprint density at radius 1 is 0.909 bits per heavy atom. The number of hydrogen-bond donors (Lipinski definition) is 0. The van der Waals surface area contributed by atoms with Gasteiger partial charge in [-0.3, -0.25) is 0 Å². The number of ether oxygens (including phenoxy) is 3. The molecule has 0 fully saturated rings. The van der Waals surface area contributed by atoms with Gasteiger partial charge in [0.1, 0.15) is 17.1 Å². The van der Waals surface area contributed by atoms with Crippen LogP contribution < -0.4 is 9.47 Å². The molecule has 112 valence electrons. The van der Waals surface area contributed by atoms with Gasteiger partial charge in [-0.1, -0.05) is 17.9 Å². The van der Waals surface area contributed by atoms with E-state index in [0.29, 0.717) is 16.9 Å². The van der Waals surface area contributed by atoms with Gasteiger partial charge in [0.25, 0.3) is 0 Å². The van der Waals surface area contributed by atoms with Crippen LogP contribution in [0.25, 0.3) is 0 Å². The Morgan fingerprint density at radius 2 is 1.64 bits per heavy atom. The number of rotatable bonds is 3. The van der Waals surface area contributed by atoms with E-state index in [-0.39, 0.29) is 0 Å². The van der Waals surface area contributed by atoms with Crippen LogP contribution in [0.4, 0.5) is 0 Å². The average Bonchev–Trinajstić information content (AvgIpc) is 2.59. The van der Waals surface area contributed by atoms with Crippen molar-refractivity contribution in [2.75, 3.05) is 21.3 Å². The highest BCUT2D eigenvalue weighted by Gasteiger charge is 2.16. The number of benzene rings is 2. The summed E-state index contributed by atoms with van der Waals surface area (Å²) in [7, 11) is 4.44. The van der Waals surface area contributed by atoms with Crippen LogP contribution in [0, 0.1) is 11.8 Å². The van der Waals surface area contributed by atoms with Gasteiger partial charge < -0.3 is 14.2 Å². The van der Waals surface area contributed by atoms with Gasteiger partial charge in [0.05, 0.1) is 21.3 Å². The Balaban J connectivity index is 2.41. The zero-order valence-corrected chi connectivity index (χ0v) is 12.7. The van der Waals surface area contributed by atoms with Crippen LogP contribution in [0.15, 0.2) is 42.5 Å². The first-order chi connectivity index (χ1) is 10.7. The van der Waals surface area contributed by atoms with Gasteiger partial charge in [0.15, 0.2) is 0 Å². The molecular weight excluding hydrogens is 280 g/mol. The maximum absolute atomic E-state index is 11.9. The lowest BCUT2D eigenvalue weighted by Gasteiger charge is -2.08. The minimum Gasteiger partial charge on any atom is -0.497 e. The van der Waals surface area contributed by atoms with Crippen molar-refractivity contribution in [3.63, 3.8) is 0 Å². The molecule has 0 atom stereocenters. The monoisotopic (exact) mass is 296 g/mol. The fourth-order valence-corrected chi connectivity index (χ4v) is 1.93. The summed E-state index contributed by atoms with van der Waals surface area (Å²) in [6.45, 7) is 0. The van der Waals surface area contributed by atoms with Gasteiger partial charge in [-0.05, 0) is 36.4 Å². The van der Waals surface area contributed by atoms with Crippen molar-refractivity contribution in [2.24, 2.45) is 0 Å². The Hall–Kier alpha value is -2.93. The fraction of sp³-hybridized carbons (Fsp3) is 0.167. The molecule has 2 aromatic rings. The number of carbonyl (C=O) groups is 1. The molecule has 0 saturated carbocycles. The van der Waals surface area contributed by atoms with Gasteiger partial charge in [-0.25, -0.2) is 4.79 Å². The normalized spacial score (nSPS) is 9.41. The van der Waals surface area contributed by atoms with Crippen LogP contribution in [0.5, 0.6) is 11.5 Å². The average molecular weight is 296 g/mol. The third kappa shape index (κ3) is 3.39. The zero-order valence-electron chi connectivity index (χ0n) is 12.7. The lowest BCUT2D eigenvalue weighted by atomic mass is 10.1. The van der Waals surface area contributed by atoms with E-state index in [4.69, 9.17) is 14.2 Å². The van der Waals surface area contributed by atoms with E-state index in [9.17, 15) is 4.79 Å². The Morgan fingerprint density at radius 3 is 2.23 bits per heavy atom. The first-order valence-electron chi connectivity index (χ1n) is 6.61. The number of carbonyl (C=O) groups excluding carboxylic acids is 1. The molecule has 0 radical (unpaired) electrons. The zero-order chi connectivity index (χ0) is 15.9. The fourth-order valence-electron chi connectivity index (χ4n) is 1.93. The molecule has 2 rings (SSSR count). The third-order valence-corrected chi connectivity index (χ3v) is 3.07.